The third-order valence-corrected chi connectivity index (χ3v) is 1.93. The van der Waals surface area contributed by atoms with Crippen LogP contribution in [0.4, 0.5) is 5.82 Å². The minimum absolute atomic E-state index is 0.914. The number of pyridine rings is 1. The van der Waals surface area contributed by atoms with E-state index >= 15 is 0 Å². The fourth-order valence-electron chi connectivity index (χ4n) is 1.04. The van der Waals surface area contributed by atoms with Crippen LogP contribution < -0.4 is 5.32 Å². The first kappa shape index (κ1) is 6.65. The Balaban J connectivity index is 1.85. The summed E-state index contributed by atoms with van der Waals surface area (Å²) in [5.74, 6) is 1.91. The molecule has 1 aliphatic rings. The van der Waals surface area contributed by atoms with Gasteiger partial charge in [-0.1, -0.05) is 6.07 Å². The molecule has 1 aliphatic carbocycles. The maximum atomic E-state index is 4.17. The Morgan fingerprint density at radius 3 is 3.00 bits per heavy atom. The van der Waals surface area contributed by atoms with Gasteiger partial charge in [-0.15, -0.1) is 0 Å². The Bertz CT molecular complexity index is 216. The molecule has 0 radical (unpaired) electrons. The van der Waals surface area contributed by atoms with Gasteiger partial charge in [0, 0.05) is 12.7 Å². The molecule has 11 heavy (non-hydrogen) atoms. The fraction of sp³-hybridized carbons (Fsp3) is 0.444. The second-order valence-electron chi connectivity index (χ2n) is 3.04. The van der Waals surface area contributed by atoms with Gasteiger partial charge in [-0.25, -0.2) is 4.98 Å². The van der Waals surface area contributed by atoms with Gasteiger partial charge in [0.1, 0.15) is 5.82 Å². The standard InChI is InChI=1S/C9H12N2/c1-2-6-10-9(3-1)11-7-8-4-5-8/h1-3,6,8H,4-5,7H2,(H,10,11). The summed E-state index contributed by atoms with van der Waals surface area (Å²) >= 11 is 0. The van der Waals surface area contributed by atoms with Crippen molar-refractivity contribution in [2.75, 3.05) is 11.9 Å². The summed E-state index contributed by atoms with van der Waals surface area (Å²) in [5.41, 5.74) is 0. The number of hydrogen-bond donors (Lipinski definition) is 1. The lowest BCUT2D eigenvalue weighted by Gasteiger charge is -2.01. The highest BCUT2D eigenvalue weighted by Gasteiger charge is 2.20. The first-order chi connectivity index (χ1) is 5.45. The normalized spacial score (nSPS) is 16.4. The van der Waals surface area contributed by atoms with Gasteiger partial charge in [0.25, 0.3) is 0 Å². The van der Waals surface area contributed by atoms with Crippen molar-refractivity contribution in [3.05, 3.63) is 24.4 Å². The van der Waals surface area contributed by atoms with E-state index in [-0.39, 0.29) is 0 Å². The highest BCUT2D eigenvalue weighted by Crippen LogP contribution is 2.28. The van der Waals surface area contributed by atoms with Crippen LogP contribution in [0.5, 0.6) is 0 Å². The van der Waals surface area contributed by atoms with E-state index in [1.54, 1.807) is 0 Å². The molecule has 0 aliphatic heterocycles. The molecule has 0 saturated heterocycles. The zero-order valence-corrected chi connectivity index (χ0v) is 6.46. The lowest BCUT2D eigenvalue weighted by Crippen LogP contribution is -2.03. The van der Waals surface area contributed by atoms with E-state index in [2.05, 4.69) is 10.3 Å². The molecule has 2 rings (SSSR count). The number of aromatic nitrogens is 1. The summed E-state index contributed by atoms with van der Waals surface area (Å²) in [7, 11) is 0. The Kier molecular flexibility index (Phi) is 1.76. The molecule has 0 unspecified atom stereocenters. The quantitative estimate of drug-likeness (QED) is 0.708. The first-order valence-electron chi connectivity index (χ1n) is 4.10. The summed E-state index contributed by atoms with van der Waals surface area (Å²) in [6, 6.07) is 5.94. The molecule has 58 valence electrons. The molecule has 0 atom stereocenters. The molecule has 1 fully saturated rings. The van der Waals surface area contributed by atoms with Crippen molar-refractivity contribution >= 4 is 5.82 Å². The van der Waals surface area contributed by atoms with E-state index in [0.29, 0.717) is 0 Å². The van der Waals surface area contributed by atoms with Gasteiger partial charge in [-0.2, -0.15) is 0 Å². The van der Waals surface area contributed by atoms with E-state index in [1.807, 2.05) is 24.4 Å². The summed E-state index contributed by atoms with van der Waals surface area (Å²) < 4.78 is 0. The third kappa shape index (κ3) is 1.93. The smallest absolute Gasteiger partial charge is 0.125 e. The Morgan fingerprint density at radius 2 is 2.36 bits per heavy atom. The van der Waals surface area contributed by atoms with Crippen LogP contribution in [0.3, 0.4) is 0 Å². The van der Waals surface area contributed by atoms with Gasteiger partial charge in [0.2, 0.25) is 0 Å². The van der Waals surface area contributed by atoms with Gasteiger partial charge in [-0.05, 0) is 30.9 Å². The highest BCUT2D eigenvalue weighted by molar-refractivity contribution is 5.33. The van der Waals surface area contributed by atoms with Gasteiger partial charge >= 0.3 is 0 Å². The number of rotatable bonds is 3. The fourth-order valence-corrected chi connectivity index (χ4v) is 1.04. The van der Waals surface area contributed by atoms with Crippen LogP contribution in [0.1, 0.15) is 12.8 Å². The predicted octanol–water partition coefficient (Wildman–Crippen LogP) is 1.90. The van der Waals surface area contributed by atoms with Crippen LogP contribution in [0.25, 0.3) is 0 Å². The zero-order chi connectivity index (χ0) is 7.52. The molecule has 2 heteroatoms. The van der Waals surface area contributed by atoms with Gasteiger partial charge < -0.3 is 5.32 Å². The van der Waals surface area contributed by atoms with Gasteiger partial charge in [0.15, 0.2) is 0 Å². The van der Waals surface area contributed by atoms with Crippen molar-refractivity contribution in [2.45, 2.75) is 12.8 Å². The molecule has 0 aromatic carbocycles. The zero-order valence-electron chi connectivity index (χ0n) is 6.46. The second kappa shape index (κ2) is 2.91. The van der Waals surface area contributed by atoms with E-state index in [0.717, 1.165) is 18.3 Å². The SMILES string of the molecule is c1ccc(NCC2CC2)nc1. The molecule has 1 aromatic rings. The largest absolute Gasteiger partial charge is 0.370 e. The number of nitrogens with zero attached hydrogens (tertiary/aromatic N) is 1. The summed E-state index contributed by atoms with van der Waals surface area (Å²) in [6.45, 7) is 1.09. The molecule has 1 saturated carbocycles. The highest BCUT2D eigenvalue weighted by atomic mass is 15.0. The van der Waals surface area contributed by atoms with E-state index < -0.39 is 0 Å². The van der Waals surface area contributed by atoms with E-state index in [1.165, 1.54) is 12.8 Å². The topological polar surface area (TPSA) is 24.9 Å². The summed E-state index contributed by atoms with van der Waals surface area (Å²) in [4.78, 5) is 4.17. The molecular formula is C9H12N2. The molecule has 0 amide bonds. The lowest BCUT2D eigenvalue weighted by molar-refractivity contribution is 0.883. The lowest BCUT2D eigenvalue weighted by atomic mass is 10.4. The predicted molar refractivity (Wildman–Crippen MR) is 45.5 cm³/mol. The van der Waals surface area contributed by atoms with Crippen molar-refractivity contribution < 1.29 is 0 Å². The van der Waals surface area contributed by atoms with Gasteiger partial charge in [0.05, 0.1) is 0 Å². The third-order valence-electron chi connectivity index (χ3n) is 1.93. The maximum Gasteiger partial charge on any atom is 0.125 e. The van der Waals surface area contributed by atoms with Crippen LogP contribution in [-0.2, 0) is 0 Å². The molecule has 0 spiro atoms. The Hall–Kier alpha value is -1.05. The first-order valence-corrected chi connectivity index (χ1v) is 4.10. The van der Waals surface area contributed by atoms with E-state index in [4.69, 9.17) is 0 Å². The Morgan fingerprint density at radius 1 is 1.45 bits per heavy atom. The van der Waals surface area contributed by atoms with Crippen molar-refractivity contribution in [3.8, 4) is 0 Å². The van der Waals surface area contributed by atoms with Crippen molar-refractivity contribution in [1.82, 2.24) is 4.98 Å². The number of nitrogens with one attached hydrogen (secondary N) is 1. The number of hydrogen-bond acceptors (Lipinski definition) is 2. The van der Waals surface area contributed by atoms with Crippen molar-refractivity contribution in [3.63, 3.8) is 0 Å². The van der Waals surface area contributed by atoms with Crippen LogP contribution in [0, 0.1) is 5.92 Å². The molecule has 2 nitrogen and oxygen atoms in total. The Labute approximate surface area is 66.7 Å². The van der Waals surface area contributed by atoms with E-state index in [9.17, 15) is 0 Å². The molecular weight excluding hydrogens is 136 g/mol. The molecule has 0 bridgehead atoms. The van der Waals surface area contributed by atoms with Crippen LogP contribution in [-0.4, -0.2) is 11.5 Å². The summed E-state index contributed by atoms with van der Waals surface area (Å²) in [6.07, 6.45) is 4.59. The molecule has 1 heterocycles. The monoisotopic (exact) mass is 148 g/mol. The minimum Gasteiger partial charge on any atom is -0.370 e. The number of anilines is 1. The molecule has 1 aromatic heterocycles. The minimum atomic E-state index is 0.914. The van der Waals surface area contributed by atoms with Crippen molar-refractivity contribution in [2.24, 2.45) is 5.92 Å². The van der Waals surface area contributed by atoms with Gasteiger partial charge in [-0.3, -0.25) is 0 Å². The average molecular weight is 148 g/mol. The van der Waals surface area contributed by atoms with Crippen LogP contribution in [0.15, 0.2) is 24.4 Å². The maximum absolute atomic E-state index is 4.17. The summed E-state index contributed by atoms with van der Waals surface area (Å²) in [5, 5.41) is 3.30. The van der Waals surface area contributed by atoms with Crippen LogP contribution >= 0.6 is 0 Å². The van der Waals surface area contributed by atoms with Crippen LogP contribution in [0.2, 0.25) is 0 Å². The molecule has 1 N–H and O–H groups in total. The average Bonchev–Trinajstić information content (AvgIpc) is 2.86. The second-order valence-corrected chi connectivity index (χ2v) is 3.04. The van der Waals surface area contributed by atoms with Crippen molar-refractivity contribution in [1.29, 1.82) is 0 Å².